The van der Waals surface area contributed by atoms with Crippen LogP contribution in [0, 0.1) is 0 Å². The summed E-state index contributed by atoms with van der Waals surface area (Å²) in [7, 11) is 0. The van der Waals surface area contributed by atoms with Gasteiger partial charge in [0.05, 0.1) is 6.04 Å². The van der Waals surface area contributed by atoms with Crippen molar-refractivity contribution in [3.05, 3.63) is 53.0 Å². The number of amides is 1. The van der Waals surface area contributed by atoms with Crippen LogP contribution in [0.2, 0.25) is 0 Å². The maximum atomic E-state index is 11.6. The lowest BCUT2D eigenvalue weighted by atomic mass is 10.3. The third-order valence-electron chi connectivity index (χ3n) is 2.56. The summed E-state index contributed by atoms with van der Waals surface area (Å²) in [5.74, 6) is -0.184. The van der Waals surface area contributed by atoms with Crippen molar-refractivity contribution in [1.29, 1.82) is 0 Å². The second-order valence-corrected chi connectivity index (χ2v) is 6.42. The van der Waals surface area contributed by atoms with Gasteiger partial charge in [0.25, 0.3) is 0 Å². The molecule has 2 aromatic carbocycles. The number of halogens is 1. The van der Waals surface area contributed by atoms with Crippen LogP contribution in [0.3, 0.4) is 0 Å². The van der Waals surface area contributed by atoms with Gasteiger partial charge in [-0.1, -0.05) is 33.8 Å². The average Bonchev–Trinajstić information content (AvgIpc) is 2.42. The van der Waals surface area contributed by atoms with E-state index in [1.807, 2.05) is 48.5 Å². The fraction of sp³-hybridized carbons (Fsp3) is 0.133. The molecule has 0 heterocycles. The molecule has 1 atom stereocenters. The molecular weight excluding hydrogens is 336 g/mol. The fourth-order valence-corrected chi connectivity index (χ4v) is 2.67. The molecule has 0 aliphatic carbocycles. The number of rotatable bonds is 4. The minimum absolute atomic E-state index is 0.184. The van der Waals surface area contributed by atoms with Crippen molar-refractivity contribution in [3.8, 4) is 0 Å². The van der Waals surface area contributed by atoms with Gasteiger partial charge in [-0.05, 0) is 49.4 Å². The highest BCUT2D eigenvalue weighted by Crippen LogP contribution is 2.30. The molecule has 5 heteroatoms. The van der Waals surface area contributed by atoms with Crippen molar-refractivity contribution in [2.75, 3.05) is 5.32 Å². The summed E-state index contributed by atoms with van der Waals surface area (Å²) >= 11 is 5.06. The van der Waals surface area contributed by atoms with Gasteiger partial charge in [0, 0.05) is 20.0 Å². The Morgan fingerprint density at radius 1 is 1.20 bits per heavy atom. The summed E-state index contributed by atoms with van der Waals surface area (Å²) in [4.78, 5) is 13.8. The second kappa shape index (κ2) is 6.92. The molecule has 0 aliphatic rings. The van der Waals surface area contributed by atoms with Crippen LogP contribution in [0.1, 0.15) is 6.92 Å². The maximum Gasteiger partial charge on any atom is 0.240 e. The zero-order valence-electron chi connectivity index (χ0n) is 11.0. The largest absolute Gasteiger partial charge is 0.325 e. The van der Waals surface area contributed by atoms with Crippen LogP contribution < -0.4 is 11.1 Å². The third kappa shape index (κ3) is 4.37. The van der Waals surface area contributed by atoms with E-state index in [4.69, 9.17) is 5.73 Å². The van der Waals surface area contributed by atoms with Crippen LogP contribution in [0.5, 0.6) is 0 Å². The van der Waals surface area contributed by atoms with Gasteiger partial charge in [0.1, 0.15) is 0 Å². The smallest absolute Gasteiger partial charge is 0.240 e. The third-order valence-corrected chi connectivity index (χ3v) is 4.09. The summed E-state index contributed by atoms with van der Waals surface area (Å²) in [5.41, 5.74) is 6.30. The Balaban J connectivity index is 2.09. The standard InChI is InChI=1S/C15H15BrN2OS/c1-10(17)15(19)18-12-3-2-4-14(9-12)20-13-7-5-11(16)6-8-13/h2-10H,17H2,1H3,(H,18,19). The van der Waals surface area contributed by atoms with Crippen molar-refractivity contribution >= 4 is 39.3 Å². The number of nitrogens with two attached hydrogens (primary N) is 1. The molecule has 0 bridgehead atoms. The molecule has 0 aromatic heterocycles. The van der Waals surface area contributed by atoms with Gasteiger partial charge in [-0.3, -0.25) is 4.79 Å². The number of carbonyl (C=O) groups is 1. The summed E-state index contributed by atoms with van der Waals surface area (Å²) < 4.78 is 1.06. The Hall–Kier alpha value is -1.30. The van der Waals surface area contributed by atoms with Gasteiger partial charge in [-0.25, -0.2) is 0 Å². The highest BCUT2D eigenvalue weighted by atomic mass is 79.9. The summed E-state index contributed by atoms with van der Waals surface area (Å²) in [6, 6.07) is 15.3. The number of hydrogen-bond donors (Lipinski definition) is 2. The topological polar surface area (TPSA) is 55.1 Å². The van der Waals surface area contributed by atoms with E-state index < -0.39 is 6.04 Å². The fourth-order valence-electron chi connectivity index (χ4n) is 1.53. The van der Waals surface area contributed by atoms with Crippen molar-refractivity contribution in [3.63, 3.8) is 0 Å². The molecule has 1 unspecified atom stereocenters. The lowest BCUT2D eigenvalue weighted by molar-refractivity contribution is -0.117. The van der Waals surface area contributed by atoms with Crippen LogP contribution in [0.25, 0.3) is 0 Å². The lowest BCUT2D eigenvalue weighted by Gasteiger charge is -2.09. The lowest BCUT2D eigenvalue weighted by Crippen LogP contribution is -2.32. The molecule has 0 radical (unpaired) electrons. The van der Waals surface area contributed by atoms with Crippen LogP contribution in [0.15, 0.2) is 62.8 Å². The van der Waals surface area contributed by atoms with E-state index in [0.717, 1.165) is 20.0 Å². The number of benzene rings is 2. The Morgan fingerprint density at radius 3 is 2.55 bits per heavy atom. The first-order valence-corrected chi connectivity index (χ1v) is 7.75. The van der Waals surface area contributed by atoms with E-state index in [1.54, 1.807) is 18.7 Å². The van der Waals surface area contributed by atoms with Gasteiger partial charge in [0.2, 0.25) is 5.91 Å². The molecule has 104 valence electrons. The number of carbonyl (C=O) groups excluding carboxylic acids is 1. The van der Waals surface area contributed by atoms with Crippen LogP contribution in [0.4, 0.5) is 5.69 Å². The quantitative estimate of drug-likeness (QED) is 0.879. The summed E-state index contributed by atoms with van der Waals surface area (Å²) in [6.45, 7) is 1.66. The number of hydrogen-bond acceptors (Lipinski definition) is 3. The zero-order chi connectivity index (χ0) is 14.5. The Kier molecular flexibility index (Phi) is 5.23. The molecule has 0 aliphatic heterocycles. The minimum atomic E-state index is -0.516. The van der Waals surface area contributed by atoms with Gasteiger partial charge in [-0.15, -0.1) is 0 Å². The summed E-state index contributed by atoms with van der Waals surface area (Å²) in [6.07, 6.45) is 0. The van der Waals surface area contributed by atoms with E-state index in [1.165, 1.54) is 0 Å². The van der Waals surface area contributed by atoms with E-state index in [9.17, 15) is 4.79 Å². The first-order chi connectivity index (χ1) is 9.54. The first kappa shape index (κ1) is 15.1. The van der Waals surface area contributed by atoms with Crippen LogP contribution in [-0.2, 0) is 4.79 Å². The van der Waals surface area contributed by atoms with Gasteiger partial charge >= 0.3 is 0 Å². The molecule has 20 heavy (non-hydrogen) atoms. The molecule has 2 rings (SSSR count). The average molecular weight is 351 g/mol. The maximum absolute atomic E-state index is 11.6. The highest BCUT2D eigenvalue weighted by Gasteiger charge is 2.07. The normalized spacial score (nSPS) is 11.9. The van der Waals surface area contributed by atoms with E-state index in [-0.39, 0.29) is 5.91 Å². The Morgan fingerprint density at radius 2 is 1.90 bits per heavy atom. The molecule has 0 saturated carbocycles. The summed E-state index contributed by atoms with van der Waals surface area (Å²) in [5, 5.41) is 2.79. The van der Waals surface area contributed by atoms with E-state index in [0.29, 0.717) is 0 Å². The number of nitrogens with one attached hydrogen (secondary N) is 1. The number of anilines is 1. The van der Waals surface area contributed by atoms with E-state index in [2.05, 4.69) is 21.2 Å². The highest BCUT2D eigenvalue weighted by molar-refractivity contribution is 9.10. The molecule has 1 amide bonds. The monoisotopic (exact) mass is 350 g/mol. The molecule has 3 nitrogen and oxygen atoms in total. The van der Waals surface area contributed by atoms with Crippen LogP contribution >= 0.6 is 27.7 Å². The predicted molar refractivity (Wildman–Crippen MR) is 87.0 cm³/mol. The van der Waals surface area contributed by atoms with Crippen LogP contribution in [-0.4, -0.2) is 11.9 Å². The second-order valence-electron chi connectivity index (χ2n) is 4.36. The zero-order valence-corrected chi connectivity index (χ0v) is 13.4. The van der Waals surface area contributed by atoms with Crippen molar-refractivity contribution in [2.24, 2.45) is 5.73 Å². The van der Waals surface area contributed by atoms with Crippen molar-refractivity contribution < 1.29 is 4.79 Å². The Bertz CT molecular complexity index is 599. The minimum Gasteiger partial charge on any atom is -0.325 e. The molecule has 0 fully saturated rings. The van der Waals surface area contributed by atoms with Crippen molar-refractivity contribution in [1.82, 2.24) is 0 Å². The van der Waals surface area contributed by atoms with Crippen molar-refractivity contribution in [2.45, 2.75) is 22.8 Å². The molecule has 0 spiro atoms. The van der Waals surface area contributed by atoms with E-state index >= 15 is 0 Å². The molecule has 3 N–H and O–H groups in total. The first-order valence-electron chi connectivity index (χ1n) is 6.14. The predicted octanol–water partition coefficient (Wildman–Crippen LogP) is 3.89. The van der Waals surface area contributed by atoms with Gasteiger partial charge < -0.3 is 11.1 Å². The molecule has 0 saturated heterocycles. The molecule has 2 aromatic rings. The molecular formula is C15H15BrN2OS. The van der Waals surface area contributed by atoms with Gasteiger partial charge in [-0.2, -0.15) is 0 Å². The SMILES string of the molecule is CC(N)C(=O)Nc1cccc(Sc2ccc(Br)cc2)c1. The Labute approximate surface area is 131 Å². The van der Waals surface area contributed by atoms with Gasteiger partial charge in [0.15, 0.2) is 0 Å².